The van der Waals surface area contributed by atoms with E-state index in [4.69, 9.17) is 0 Å². The average molecular weight is 265 g/mol. The van der Waals surface area contributed by atoms with Crippen molar-refractivity contribution in [2.45, 2.75) is 58.9 Å². The van der Waals surface area contributed by atoms with Crippen LogP contribution in [0.3, 0.4) is 0 Å². The van der Waals surface area contributed by atoms with Crippen LogP contribution in [0.25, 0.3) is 0 Å². The van der Waals surface area contributed by atoms with E-state index in [9.17, 15) is 4.79 Å². The highest BCUT2D eigenvalue weighted by atomic mass is 16.1. The minimum absolute atomic E-state index is 0.124. The molecule has 0 saturated heterocycles. The molecule has 0 aromatic carbocycles. The van der Waals surface area contributed by atoms with Gasteiger partial charge in [-0.25, -0.2) is 0 Å². The van der Waals surface area contributed by atoms with Crippen molar-refractivity contribution < 1.29 is 4.79 Å². The van der Waals surface area contributed by atoms with Gasteiger partial charge in [0, 0.05) is 24.9 Å². The second-order valence-electron chi connectivity index (χ2n) is 5.16. The lowest BCUT2D eigenvalue weighted by atomic mass is 10.0. The van der Waals surface area contributed by atoms with E-state index >= 15 is 0 Å². The Hall–Kier alpha value is -1.32. The zero-order valence-electron chi connectivity index (χ0n) is 12.3. The molecule has 19 heavy (non-hydrogen) atoms. The Morgan fingerprint density at radius 2 is 2.11 bits per heavy atom. The van der Waals surface area contributed by atoms with Crippen molar-refractivity contribution in [1.82, 2.24) is 15.1 Å². The highest BCUT2D eigenvalue weighted by molar-refractivity contribution is 5.78. The Morgan fingerprint density at radius 3 is 2.79 bits per heavy atom. The quantitative estimate of drug-likeness (QED) is 0.661. The molecule has 0 aliphatic carbocycles. The first kappa shape index (κ1) is 15.7. The summed E-state index contributed by atoms with van der Waals surface area (Å²) in [5.74, 6) is 0.293. The maximum Gasteiger partial charge on any atom is 0.222 e. The monoisotopic (exact) mass is 265 g/mol. The molecule has 1 N–H and O–H groups in total. The topological polar surface area (TPSA) is 46.9 Å². The Balaban J connectivity index is 2.04. The predicted molar refractivity (Wildman–Crippen MR) is 77.8 cm³/mol. The van der Waals surface area contributed by atoms with Crippen LogP contribution in [0.15, 0.2) is 18.5 Å². The number of rotatable bonds is 10. The number of nitrogens with one attached hydrogen (secondary N) is 1. The number of amides is 1. The number of unbranched alkanes of at least 4 members (excludes halogenated alkanes) is 4. The zero-order valence-corrected chi connectivity index (χ0v) is 12.3. The SMILES string of the molecule is CCCCCCCC(C)C(=O)NCCn1cccn1. The molecule has 0 saturated carbocycles. The van der Waals surface area contributed by atoms with Crippen LogP contribution in [0.4, 0.5) is 0 Å². The Morgan fingerprint density at radius 1 is 1.32 bits per heavy atom. The van der Waals surface area contributed by atoms with Crippen LogP contribution >= 0.6 is 0 Å². The molecule has 108 valence electrons. The molecule has 1 amide bonds. The molecule has 0 radical (unpaired) electrons. The fraction of sp³-hybridized carbons (Fsp3) is 0.733. The van der Waals surface area contributed by atoms with E-state index in [1.165, 1.54) is 25.7 Å². The molecule has 4 heteroatoms. The summed E-state index contributed by atoms with van der Waals surface area (Å²) in [6.45, 7) is 5.63. The number of carbonyl (C=O) groups excluding carboxylic acids is 1. The highest BCUT2D eigenvalue weighted by Crippen LogP contribution is 2.11. The third-order valence-corrected chi connectivity index (χ3v) is 3.39. The smallest absolute Gasteiger partial charge is 0.222 e. The van der Waals surface area contributed by atoms with Crippen LogP contribution in [-0.2, 0) is 11.3 Å². The van der Waals surface area contributed by atoms with E-state index < -0.39 is 0 Å². The minimum Gasteiger partial charge on any atom is -0.354 e. The number of carbonyl (C=O) groups is 1. The fourth-order valence-corrected chi connectivity index (χ4v) is 2.09. The summed E-state index contributed by atoms with van der Waals surface area (Å²) in [6, 6.07) is 1.89. The van der Waals surface area contributed by atoms with E-state index in [0.717, 1.165) is 19.4 Å². The lowest BCUT2D eigenvalue weighted by Gasteiger charge is -2.12. The van der Waals surface area contributed by atoms with E-state index in [2.05, 4.69) is 17.3 Å². The van der Waals surface area contributed by atoms with Crippen LogP contribution in [0, 0.1) is 5.92 Å². The van der Waals surface area contributed by atoms with Crippen molar-refractivity contribution in [3.8, 4) is 0 Å². The molecular weight excluding hydrogens is 238 g/mol. The molecule has 1 aromatic heterocycles. The summed E-state index contributed by atoms with van der Waals surface area (Å²) in [5, 5.41) is 7.07. The van der Waals surface area contributed by atoms with Crippen molar-refractivity contribution >= 4 is 5.91 Å². The van der Waals surface area contributed by atoms with Gasteiger partial charge in [0.15, 0.2) is 0 Å². The number of aromatic nitrogens is 2. The van der Waals surface area contributed by atoms with E-state index in [1.807, 2.05) is 23.9 Å². The zero-order chi connectivity index (χ0) is 13.9. The van der Waals surface area contributed by atoms with Gasteiger partial charge in [-0.15, -0.1) is 0 Å². The van der Waals surface area contributed by atoms with Crippen LogP contribution in [0.2, 0.25) is 0 Å². The lowest BCUT2D eigenvalue weighted by molar-refractivity contribution is -0.124. The van der Waals surface area contributed by atoms with Gasteiger partial charge in [0.25, 0.3) is 0 Å². The first-order valence-electron chi connectivity index (χ1n) is 7.49. The van der Waals surface area contributed by atoms with Crippen LogP contribution in [0.5, 0.6) is 0 Å². The molecule has 0 spiro atoms. The largest absolute Gasteiger partial charge is 0.354 e. The molecule has 0 bridgehead atoms. The average Bonchev–Trinajstić information content (AvgIpc) is 2.91. The normalized spacial score (nSPS) is 12.3. The van der Waals surface area contributed by atoms with Crippen molar-refractivity contribution in [1.29, 1.82) is 0 Å². The molecule has 1 heterocycles. The minimum atomic E-state index is 0.124. The second kappa shape index (κ2) is 9.59. The summed E-state index contributed by atoms with van der Waals surface area (Å²) in [6.07, 6.45) is 10.9. The molecule has 0 fully saturated rings. The molecule has 1 atom stereocenters. The summed E-state index contributed by atoms with van der Waals surface area (Å²) in [5.41, 5.74) is 0. The number of hydrogen-bond acceptors (Lipinski definition) is 2. The number of hydrogen-bond donors (Lipinski definition) is 1. The van der Waals surface area contributed by atoms with Crippen LogP contribution in [-0.4, -0.2) is 22.2 Å². The van der Waals surface area contributed by atoms with Gasteiger partial charge >= 0.3 is 0 Å². The standard InChI is InChI=1S/C15H27N3O/c1-3-4-5-6-7-9-14(2)15(19)16-11-13-18-12-8-10-17-18/h8,10,12,14H,3-7,9,11,13H2,1-2H3,(H,16,19). The van der Waals surface area contributed by atoms with E-state index in [0.29, 0.717) is 6.54 Å². The van der Waals surface area contributed by atoms with Crippen molar-refractivity contribution in [2.75, 3.05) is 6.54 Å². The van der Waals surface area contributed by atoms with Gasteiger partial charge in [0.1, 0.15) is 0 Å². The lowest BCUT2D eigenvalue weighted by Crippen LogP contribution is -2.32. The molecule has 1 unspecified atom stereocenters. The molecular formula is C15H27N3O. The Bertz CT molecular complexity index is 335. The maximum atomic E-state index is 11.9. The molecule has 0 aliphatic rings. The Kier molecular flexibility index (Phi) is 7.94. The third kappa shape index (κ3) is 6.99. The molecule has 1 rings (SSSR count). The summed E-state index contributed by atoms with van der Waals surface area (Å²) >= 11 is 0. The Labute approximate surface area is 116 Å². The van der Waals surface area contributed by atoms with Crippen LogP contribution in [0.1, 0.15) is 52.4 Å². The van der Waals surface area contributed by atoms with Crippen molar-refractivity contribution in [3.05, 3.63) is 18.5 Å². The van der Waals surface area contributed by atoms with E-state index in [-0.39, 0.29) is 11.8 Å². The van der Waals surface area contributed by atoms with E-state index in [1.54, 1.807) is 6.20 Å². The highest BCUT2D eigenvalue weighted by Gasteiger charge is 2.11. The van der Waals surface area contributed by atoms with Gasteiger partial charge in [0.2, 0.25) is 5.91 Å². The first-order chi connectivity index (χ1) is 9.24. The van der Waals surface area contributed by atoms with Gasteiger partial charge < -0.3 is 5.32 Å². The summed E-state index contributed by atoms with van der Waals surface area (Å²) in [7, 11) is 0. The summed E-state index contributed by atoms with van der Waals surface area (Å²) < 4.78 is 1.83. The first-order valence-corrected chi connectivity index (χ1v) is 7.49. The second-order valence-corrected chi connectivity index (χ2v) is 5.16. The van der Waals surface area contributed by atoms with Gasteiger partial charge in [-0.1, -0.05) is 46.0 Å². The molecule has 0 aliphatic heterocycles. The molecule has 4 nitrogen and oxygen atoms in total. The van der Waals surface area contributed by atoms with Gasteiger partial charge in [-0.2, -0.15) is 5.10 Å². The number of nitrogens with zero attached hydrogens (tertiary/aromatic N) is 2. The maximum absolute atomic E-state index is 11.9. The third-order valence-electron chi connectivity index (χ3n) is 3.39. The van der Waals surface area contributed by atoms with Crippen molar-refractivity contribution in [3.63, 3.8) is 0 Å². The molecule has 1 aromatic rings. The summed E-state index contributed by atoms with van der Waals surface area (Å²) in [4.78, 5) is 11.9. The van der Waals surface area contributed by atoms with Crippen molar-refractivity contribution in [2.24, 2.45) is 5.92 Å². The van der Waals surface area contributed by atoms with Crippen LogP contribution < -0.4 is 5.32 Å². The predicted octanol–water partition coefficient (Wildman–Crippen LogP) is 3.00. The van der Waals surface area contributed by atoms with Gasteiger partial charge in [0.05, 0.1) is 6.54 Å². The van der Waals surface area contributed by atoms with Gasteiger partial charge in [-0.05, 0) is 12.5 Å². The fourth-order valence-electron chi connectivity index (χ4n) is 2.09. The van der Waals surface area contributed by atoms with Gasteiger partial charge in [-0.3, -0.25) is 9.48 Å².